The topological polar surface area (TPSA) is 52.0 Å². The number of nitrogens with zero attached hydrogens (tertiary/aromatic N) is 1. The van der Waals surface area contributed by atoms with Crippen molar-refractivity contribution in [2.75, 3.05) is 0 Å². The minimum Gasteiger partial charge on any atom is -0.355 e. The first-order chi connectivity index (χ1) is 8.79. The summed E-state index contributed by atoms with van der Waals surface area (Å²) in [5.74, 6) is 0.797. The maximum Gasteiger partial charge on any atom is 0.175 e. The Morgan fingerprint density at radius 1 is 1.17 bits per heavy atom. The van der Waals surface area contributed by atoms with Crippen LogP contribution in [0.2, 0.25) is 0 Å². The molecule has 0 atom stereocenters. The molecular weight excluding hydrogens is 224 g/mol. The largest absolute Gasteiger partial charge is 0.355 e. The molecule has 0 aliphatic rings. The molecule has 0 fully saturated rings. The minimum atomic E-state index is 0.490. The molecule has 18 heavy (non-hydrogen) atoms. The van der Waals surface area contributed by atoms with Gasteiger partial charge in [-0.25, -0.2) is 0 Å². The zero-order valence-corrected chi connectivity index (χ0v) is 10.2. The smallest absolute Gasteiger partial charge is 0.175 e. The van der Waals surface area contributed by atoms with Crippen molar-refractivity contribution in [3.8, 4) is 11.3 Å². The molecule has 3 rings (SSSR count). The third-order valence-corrected chi connectivity index (χ3v) is 3.12. The van der Waals surface area contributed by atoms with Crippen LogP contribution in [0.3, 0.4) is 0 Å². The van der Waals surface area contributed by atoms with E-state index in [9.17, 15) is 0 Å². The summed E-state index contributed by atoms with van der Waals surface area (Å²) in [5.41, 5.74) is 9.91. The van der Waals surface area contributed by atoms with Crippen LogP contribution in [0.25, 0.3) is 22.2 Å². The van der Waals surface area contributed by atoms with Crippen LogP contribution in [0.4, 0.5) is 0 Å². The molecule has 0 saturated carbocycles. The predicted octanol–water partition coefficient (Wildman–Crippen LogP) is 3.26. The molecule has 3 aromatic rings. The third kappa shape index (κ3) is 1.69. The maximum atomic E-state index is 5.76. The van der Waals surface area contributed by atoms with Gasteiger partial charge in [-0.1, -0.05) is 35.5 Å². The minimum absolute atomic E-state index is 0.490. The number of rotatable bonds is 2. The molecular formula is C15H14N2O. The fourth-order valence-electron chi connectivity index (χ4n) is 2.17. The maximum absolute atomic E-state index is 5.76. The van der Waals surface area contributed by atoms with Crippen LogP contribution in [-0.4, -0.2) is 5.16 Å². The molecule has 1 heterocycles. The van der Waals surface area contributed by atoms with Crippen LogP contribution < -0.4 is 5.73 Å². The van der Waals surface area contributed by atoms with Gasteiger partial charge in [0.1, 0.15) is 5.52 Å². The van der Waals surface area contributed by atoms with Crippen molar-refractivity contribution in [2.45, 2.75) is 13.5 Å². The summed E-state index contributed by atoms with van der Waals surface area (Å²) in [6.07, 6.45) is 0. The molecule has 1 aromatic heterocycles. The molecule has 3 heteroatoms. The SMILES string of the molecule is Cc1ccc2c(-c3ccccc3CN)onc2c1. The van der Waals surface area contributed by atoms with Gasteiger partial charge >= 0.3 is 0 Å². The van der Waals surface area contributed by atoms with Gasteiger partial charge < -0.3 is 10.3 Å². The number of benzene rings is 2. The van der Waals surface area contributed by atoms with E-state index in [1.165, 1.54) is 5.56 Å². The summed E-state index contributed by atoms with van der Waals surface area (Å²) < 4.78 is 5.49. The molecule has 0 unspecified atom stereocenters. The fourth-order valence-corrected chi connectivity index (χ4v) is 2.17. The lowest BCUT2D eigenvalue weighted by Crippen LogP contribution is -1.98. The summed E-state index contributed by atoms with van der Waals surface area (Å²) in [6, 6.07) is 14.1. The van der Waals surface area contributed by atoms with E-state index < -0.39 is 0 Å². The highest BCUT2D eigenvalue weighted by Gasteiger charge is 2.13. The van der Waals surface area contributed by atoms with Crippen LogP contribution in [-0.2, 0) is 6.54 Å². The lowest BCUT2D eigenvalue weighted by Gasteiger charge is -2.03. The van der Waals surface area contributed by atoms with Crippen LogP contribution >= 0.6 is 0 Å². The quantitative estimate of drug-likeness (QED) is 0.745. The van der Waals surface area contributed by atoms with Gasteiger partial charge in [0.2, 0.25) is 0 Å². The fraction of sp³-hybridized carbons (Fsp3) is 0.133. The number of aromatic nitrogens is 1. The molecule has 0 radical (unpaired) electrons. The number of hydrogen-bond acceptors (Lipinski definition) is 3. The van der Waals surface area contributed by atoms with E-state index in [4.69, 9.17) is 10.3 Å². The van der Waals surface area contributed by atoms with Crippen LogP contribution in [0.1, 0.15) is 11.1 Å². The molecule has 0 spiro atoms. The predicted molar refractivity (Wildman–Crippen MR) is 72.1 cm³/mol. The van der Waals surface area contributed by atoms with Crippen molar-refractivity contribution in [1.29, 1.82) is 0 Å². The molecule has 0 bridgehead atoms. The Bertz CT molecular complexity index is 701. The van der Waals surface area contributed by atoms with E-state index in [2.05, 4.69) is 11.2 Å². The average molecular weight is 238 g/mol. The van der Waals surface area contributed by atoms with Gasteiger partial charge in [-0.3, -0.25) is 0 Å². The summed E-state index contributed by atoms with van der Waals surface area (Å²) in [5, 5.41) is 5.14. The summed E-state index contributed by atoms with van der Waals surface area (Å²) in [6.45, 7) is 2.53. The van der Waals surface area contributed by atoms with E-state index in [-0.39, 0.29) is 0 Å². The van der Waals surface area contributed by atoms with Gasteiger partial charge in [0.15, 0.2) is 5.76 Å². The Labute approximate surface area is 105 Å². The van der Waals surface area contributed by atoms with Crippen molar-refractivity contribution in [3.63, 3.8) is 0 Å². The van der Waals surface area contributed by atoms with Crippen molar-refractivity contribution in [1.82, 2.24) is 5.16 Å². The van der Waals surface area contributed by atoms with Gasteiger partial charge in [0.25, 0.3) is 0 Å². The van der Waals surface area contributed by atoms with Crippen molar-refractivity contribution in [2.24, 2.45) is 5.73 Å². The molecule has 0 amide bonds. The van der Waals surface area contributed by atoms with Crippen LogP contribution in [0, 0.1) is 6.92 Å². The third-order valence-electron chi connectivity index (χ3n) is 3.12. The highest BCUT2D eigenvalue weighted by Crippen LogP contribution is 2.31. The van der Waals surface area contributed by atoms with Crippen LogP contribution in [0.15, 0.2) is 47.0 Å². The second-order valence-corrected chi connectivity index (χ2v) is 4.39. The first kappa shape index (κ1) is 11.0. The zero-order chi connectivity index (χ0) is 12.5. The lowest BCUT2D eigenvalue weighted by molar-refractivity contribution is 0.440. The first-order valence-corrected chi connectivity index (χ1v) is 5.94. The summed E-state index contributed by atoms with van der Waals surface area (Å²) in [4.78, 5) is 0. The Morgan fingerprint density at radius 3 is 2.83 bits per heavy atom. The standard InChI is InChI=1S/C15H14N2O/c1-10-6-7-13-14(8-10)17-18-15(13)12-5-3-2-4-11(12)9-16/h2-8H,9,16H2,1H3. The van der Waals surface area contributed by atoms with Gasteiger partial charge in [0.05, 0.1) is 0 Å². The number of aryl methyl sites for hydroxylation is 1. The molecule has 2 aromatic carbocycles. The number of hydrogen-bond donors (Lipinski definition) is 1. The summed E-state index contributed by atoms with van der Waals surface area (Å²) >= 11 is 0. The van der Waals surface area contributed by atoms with E-state index in [1.807, 2.05) is 43.3 Å². The van der Waals surface area contributed by atoms with Gasteiger partial charge in [-0.05, 0) is 30.2 Å². The highest BCUT2D eigenvalue weighted by atomic mass is 16.5. The Hall–Kier alpha value is -2.13. The molecule has 0 aliphatic heterocycles. The second-order valence-electron chi connectivity index (χ2n) is 4.39. The first-order valence-electron chi connectivity index (χ1n) is 5.94. The molecule has 90 valence electrons. The van der Waals surface area contributed by atoms with E-state index in [0.29, 0.717) is 6.54 Å². The second kappa shape index (κ2) is 4.27. The van der Waals surface area contributed by atoms with Crippen molar-refractivity contribution in [3.05, 3.63) is 53.6 Å². The van der Waals surface area contributed by atoms with E-state index >= 15 is 0 Å². The molecule has 0 aliphatic carbocycles. The summed E-state index contributed by atoms with van der Waals surface area (Å²) in [7, 11) is 0. The lowest BCUT2D eigenvalue weighted by atomic mass is 10.0. The number of nitrogens with two attached hydrogens (primary N) is 1. The Kier molecular flexibility index (Phi) is 2.61. The van der Waals surface area contributed by atoms with Crippen LogP contribution in [0.5, 0.6) is 0 Å². The van der Waals surface area contributed by atoms with Crippen molar-refractivity contribution >= 4 is 10.9 Å². The Morgan fingerprint density at radius 2 is 2.00 bits per heavy atom. The van der Waals surface area contributed by atoms with Crippen molar-refractivity contribution < 1.29 is 4.52 Å². The molecule has 3 nitrogen and oxygen atoms in total. The van der Waals surface area contributed by atoms with Gasteiger partial charge in [-0.15, -0.1) is 0 Å². The normalized spacial score (nSPS) is 11.0. The molecule has 2 N–H and O–H groups in total. The van der Waals surface area contributed by atoms with Gasteiger partial charge in [0, 0.05) is 17.5 Å². The molecule has 0 saturated heterocycles. The highest BCUT2D eigenvalue weighted by molar-refractivity contribution is 5.92. The van der Waals surface area contributed by atoms with E-state index in [1.54, 1.807) is 0 Å². The zero-order valence-electron chi connectivity index (χ0n) is 10.2. The number of fused-ring (bicyclic) bond motifs is 1. The Balaban J connectivity index is 2.26. The average Bonchev–Trinajstić information content (AvgIpc) is 2.81. The monoisotopic (exact) mass is 238 g/mol. The van der Waals surface area contributed by atoms with E-state index in [0.717, 1.165) is 27.8 Å². The van der Waals surface area contributed by atoms with Gasteiger partial charge in [-0.2, -0.15) is 0 Å².